The Morgan fingerprint density at radius 1 is 0.875 bits per heavy atom. The van der Waals surface area contributed by atoms with Crippen molar-refractivity contribution in [1.82, 2.24) is 4.98 Å². The lowest BCUT2D eigenvalue weighted by Crippen LogP contribution is -1.91. The number of hydrogen-bond donors (Lipinski definition) is 0. The first kappa shape index (κ1) is 10.9. The lowest BCUT2D eigenvalue weighted by molar-refractivity contribution is 1.09. The molecule has 0 saturated heterocycles. The lowest BCUT2D eigenvalue weighted by Gasteiger charge is -2.03. The molecule has 0 bridgehead atoms. The Bertz CT molecular complexity index is 440. The molecule has 0 aliphatic heterocycles. The standard InChI is InChI=1S/C15H17N/c1-3-13-6-8-14(9-7-13)10-15-5-4-12(2)16-11-15/h4-9,11H,3,10H2,1-2H3. The van der Waals surface area contributed by atoms with Crippen molar-refractivity contribution in [2.45, 2.75) is 26.7 Å². The molecule has 1 heterocycles. The van der Waals surface area contributed by atoms with E-state index in [-0.39, 0.29) is 0 Å². The fourth-order valence-corrected chi connectivity index (χ4v) is 1.73. The van der Waals surface area contributed by atoms with Crippen LogP contribution in [0.1, 0.15) is 29.3 Å². The Morgan fingerprint density at radius 3 is 2.06 bits per heavy atom. The molecule has 0 amide bonds. The Kier molecular flexibility index (Phi) is 3.35. The first-order valence-electron chi connectivity index (χ1n) is 5.77. The van der Waals surface area contributed by atoms with Crippen molar-refractivity contribution in [2.24, 2.45) is 0 Å². The number of hydrogen-bond acceptors (Lipinski definition) is 1. The zero-order valence-corrected chi connectivity index (χ0v) is 9.90. The van der Waals surface area contributed by atoms with Gasteiger partial charge < -0.3 is 0 Å². The summed E-state index contributed by atoms with van der Waals surface area (Å²) in [7, 11) is 0. The number of benzene rings is 1. The predicted molar refractivity (Wildman–Crippen MR) is 67.6 cm³/mol. The second-order valence-electron chi connectivity index (χ2n) is 4.15. The van der Waals surface area contributed by atoms with Gasteiger partial charge in [-0.25, -0.2) is 0 Å². The minimum Gasteiger partial charge on any atom is -0.261 e. The topological polar surface area (TPSA) is 12.9 Å². The summed E-state index contributed by atoms with van der Waals surface area (Å²) in [4.78, 5) is 4.31. The van der Waals surface area contributed by atoms with Crippen molar-refractivity contribution in [3.8, 4) is 0 Å². The van der Waals surface area contributed by atoms with Crippen molar-refractivity contribution in [3.63, 3.8) is 0 Å². The van der Waals surface area contributed by atoms with Gasteiger partial charge in [-0.3, -0.25) is 4.98 Å². The van der Waals surface area contributed by atoms with Crippen molar-refractivity contribution in [3.05, 3.63) is 65.0 Å². The Labute approximate surface area is 97.2 Å². The molecule has 0 spiro atoms. The Balaban J connectivity index is 2.11. The average molecular weight is 211 g/mol. The van der Waals surface area contributed by atoms with Crippen LogP contribution in [0.2, 0.25) is 0 Å². The van der Waals surface area contributed by atoms with Crippen LogP contribution >= 0.6 is 0 Å². The highest BCUT2D eigenvalue weighted by Crippen LogP contribution is 2.10. The molecule has 0 aliphatic carbocycles. The third-order valence-corrected chi connectivity index (χ3v) is 2.81. The van der Waals surface area contributed by atoms with E-state index in [1.165, 1.54) is 16.7 Å². The fourth-order valence-electron chi connectivity index (χ4n) is 1.73. The van der Waals surface area contributed by atoms with Crippen LogP contribution in [0, 0.1) is 6.92 Å². The highest BCUT2D eigenvalue weighted by atomic mass is 14.7. The minimum absolute atomic E-state index is 0.970. The SMILES string of the molecule is CCc1ccc(Cc2ccc(C)nc2)cc1. The monoisotopic (exact) mass is 211 g/mol. The van der Waals surface area contributed by atoms with E-state index in [0.29, 0.717) is 0 Å². The average Bonchev–Trinajstić information content (AvgIpc) is 2.33. The molecule has 0 saturated carbocycles. The summed E-state index contributed by atoms with van der Waals surface area (Å²) >= 11 is 0. The van der Waals surface area contributed by atoms with Gasteiger partial charge in [0, 0.05) is 11.9 Å². The first-order valence-corrected chi connectivity index (χ1v) is 5.77. The Morgan fingerprint density at radius 2 is 1.50 bits per heavy atom. The van der Waals surface area contributed by atoms with Crippen molar-refractivity contribution in [1.29, 1.82) is 0 Å². The molecule has 0 unspecified atom stereocenters. The van der Waals surface area contributed by atoms with E-state index in [1.807, 2.05) is 13.1 Å². The van der Waals surface area contributed by atoms with Crippen LogP contribution in [-0.2, 0) is 12.8 Å². The molecule has 16 heavy (non-hydrogen) atoms. The molecule has 1 heteroatoms. The molecule has 82 valence electrons. The maximum Gasteiger partial charge on any atom is 0.0372 e. The number of aromatic nitrogens is 1. The minimum atomic E-state index is 0.970. The fraction of sp³-hybridized carbons (Fsp3) is 0.267. The van der Waals surface area contributed by atoms with Gasteiger partial charge in [0.25, 0.3) is 0 Å². The largest absolute Gasteiger partial charge is 0.261 e. The van der Waals surface area contributed by atoms with Gasteiger partial charge in [0.1, 0.15) is 0 Å². The lowest BCUT2D eigenvalue weighted by atomic mass is 10.0. The highest BCUT2D eigenvalue weighted by Gasteiger charge is 1.97. The third-order valence-electron chi connectivity index (χ3n) is 2.81. The molecule has 1 aromatic carbocycles. The van der Waals surface area contributed by atoms with Crippen LogP contribution in [0.25, 0.3) is 0 Å². The van der Waals surface area contributed by atoms with Crippen LogP contribution in [0.3, 0.4) is 0 Å². The molecule has 1 aromatic heterocycles. The summed E-state index contributed by atoms with van der Waals surface area (Å²) < 4.78 is 0. The van der Waals surface area contributed by atoms with E-state index < -0.39 is 0 Å². The summed E-state index contributed by atoms with van der Waals surface area (Å²) in [5.41, 5.74) is 5.09. The molecule has 2 rings (SSSR count). The molecule has 0 aliphatic rings. The third kappa shape index (κ3) is 2.69. The summed E-state index contributed by atoms with van der Waals surface area (Å²) in [5, 5.41) is 0. The molecule has 0 N–H and O–H groups in total. The van der Waals surface area contributed by atoms with Crippen LogP contribution < -0.4 is 0 Å². The van der Waals surface area contributed by atoms with Crippen LogP contribution in [-0.4, -0.2) is 4.98 Å². The van der Waals surface area contributed by atoms with E-state index in [2.05, 4.69) is 48.3 Å². The molecule has 0 fully saturated rings. The van der Waals surface area contributed by atoms with Crippen molar-refractivity contribution in [2.75, 3.05) is 0 Å². The molecule has 0 radical (unpaired) electrons. The van der Waals surface area contributed by atoms with E-state index in [9.17, 15) is 0 Å². The summed E-state index contributed by atoms with van der Waals surface area (Å²) in [6.45, 7) is 4.19. The number of nitrogens with zero attached hydrogens (tertiary/aromatic N) is 1. The van der Waals surface area contributed by atoms with E-state index in [1.54, 1.807) is 0 Å². The van der Waals surface area contributed by atoms with Crippen LogP contribution in [0.5, 0.6) is 0 Å². The van der Waals surface area contributed by atoms with Crippen LogP contribution in [0.4, 0.5) is 0 Å². The quantitative estimate of drug-likeness (QED) is 0.756. The van der Waals surface area contributed by atoms with Gasteiger partial charge >= 0.3 is 0 Å². The summed E-state index contributed by atoms with van der Waals surface area (Å²) in [6, 6.07) is 13.0. The van der Waals surface area contributed by atoms with Gasteiger partial charge in [0.15, 0.2) is 0 Å². The van der Waals surface area contributed by atoms with Gasteiger partial charge in [0.05, 0.1) is 0 Å². The molecule has 1 nitrogen and oxygen atoms in total. The normalized spacial score (nSPS) is 10.4. The van der Waals surface area contributed by atoms with E-state index in [4.69, 9.17) is 0 Å². The van der Waals surface area contributed by atoms with Gasteiger partial charge in [-0.2, -0.15) is 0 Å². The molecule has 2 aromatic rings. The second kappa shape index (κ2) is 4.93. The van der Waals surface area contributed by atoms with Gasteiger partial charge in [-0.05, 0) is 42.5 Å². The number of aryl methyl sites for hydroxylation is 2. The number of rotatable bonds is 3. The predicted octanol–water partition coefficient (Wildman–Crippen LogP) is 3.54. The first-order chi connectivity index (χ1) is 7.78. The Hall–Kier alpha value is -1.63. The smallest absolute Gasteiger partial charge is 0.0372 e. The van der Waals surface area contributed by atoms with Gasteiger partial charge in [0.2, 0.25) is 0 Å². The number of pyridine rings is 1. The summed E-state index contributed by atoms with van der Waals surface area (Å²) in [5.74, 6) is 0. The second-order valence-corrected chi connectivity index (χ2v) is 4.15. The van der Waals surface area contributed by atoms with E-state index >= 15 is 0 Å². The molecular weight excluding hydrogens is 194 g/mol. The highest BCUT2D eigenvalue weighted by molar-refractivity contribution is 5.27. The van der Waals surface area contributed by atoms with Crippen molar-refractivity contribution < 1.29 is 0 Å². The van der Waals surface area contributed by atoms with Crippen molar-refractivity contribution >= 4 is 0 Å². The van der Waals surface area contributed by atoms with E-state index in [0.717, 1.165) is 18.5 Å². The summed E-state index contributed by atoms with van der Waals surface area (Å²) in [6.07, 6.45) is 4.03. The zero-order chi connectivity index (χ0) is 11.4. The van der Waals surface area contributed by atoms with Gasteiger partial charge in [-0.15, -0.1) is 0 Å². The van der Waals surface area contributed by atoms with Crippen LogP contribution in [0.15, 0.2) is 42.6 Å². The molecule has 0 atom stereocenters. The molecular formula is C15H17N. The maximum absolute atomic E-state index is 4.31. The zero-order valence-electron chi connectivity index (χ0n) is 9.90. The van der Waals surface area contributed by atoms with Gasteiger partial charge in [-0.1, -0.05) is 37.3 Å². The maximum atomic E-state index is 4.31.